The van der Waals surface area contributed by atoms with Crippen molar-refractivity contribution in [2.75, 3.05) is 0 Å². The molecule has 2 fully saturated rings. The lowest BCUT2D eigenvalue weighted by Crippen LogP contribution is -2.30. The van der Waals surface area contributed by atoms with Crippen molar-refractivity contribution in [2.24, 2.45) is 5.92 Å². The van der Waals surface area contributed by atoms with Gasteiger partial charge in [0.25, 0.3) is 0 Å². The van der Waals surface area contributed by atoms with Crippen molar-refractivity contribution in [1.29, 1.82) is 0 Å². The minimum absolute atomic E-state index is 0.0274. The maximum absolute atomic E-state index is 14.0. The number of nitrogens with zero attached hydrogens (tertiary/aromatic N) is 2. The van der Waals surface area contributed by atoms with Crippen molar-refractivity contribution in [3.8, 4) is 0 Å². The minimum Gasteiger partial charge on any atom is -0.425 e. The van der Waals surface area contributed by atoms with E-state index in [0.29, 0.717) is 29.7 Å². The average molecular weight is 357 g/mol. The lowest BCUT2D eigenvalue weighted by atomic mass is 9.96. The third kappa shape index (κ3) is 3.64. The van der Waals surface area contributed by atoms with Crippen LogP contribution in [0, 0.1) is 11.7 Å². The average Bonchev–Trinajstić information content (AvgIpc) is 3.01. The second-order valence-electron chi connectivity index (χ2n) is 7.83. The van der Waals surface area contributed by atoms with Crippen LogP contribution in [0.5, 0.6) is 0 Å². The molecule has 6 heteroatoms. The summed E-state index contributed by atoms with van der Waals surface area (Å²) in [7, 11) is 0. The molecule has 138 valence electrons. The van der Waals surface area contributed by atoms with Gasteiger partial charge in [-0.1, -0.05) is 18.2 Å². The first kappa shape index (κ1) is 17.2. The van der Waals surface area contributed by atoms with Crippen LogP contribution in [-0.2, 0) is 23.1 Å². The van der Waals surface area contributed by atoms with Crippen LogP contribution in [0.3, 0.4) is 0 Å². The Bertz CT molecular complexity index is 800. The molecule has 26 heavy (non-hydrogen) atoms. The largest absolute Gasteiger partial charge is 0.425 e. The van der Waals surface area contributed by atoms with Crippen LogP contribution in [0.25, 0.3) is 0 Å². The molecule has 4 rings (SSSR count). The monoisotopic (exact) mass is 357 g/mol. The number of aromatic nitrogens is 2. The molecule has 2 aliphatic rings. The third-order valence-corrected chi connectivity index (χ3v) is 5.67. The summed E-state index contributed by atoms with van der Waals surface area (Å²) in [6, 6.07) is 7.15. The highest BCUT2D eigenvalue weighted by Crippen LogP contribution is 2.50. The lowest BCUT2D eigenvalue weighted by molar-refractivity contribution is -0.119. The Morgan fingerprint density at radius 3 is 2.85 bits per heavy atom. The molecule has 2 saturated carbocycles. The number of halogens is 1. The standard InChI is InChI=1S/C20H24FN3O2/c1-13(25)22-16-7-6-14(10-16)11-18-23-24-19(26-18)20(8-9-20)12-15-4-2-3-5-17(15)21/h2-5,14,16H,6-12H2,1H3,(H,22,25)/t14-,16+/m1/s1. The quantitative estimate of drug-likeness (QED) is 0.861. The Labute approximate surface area is 152 Å². The SMILES string of the molecule is CC(=O)N[C@H]1CC[C@@H](Cc2nnc(C3(Cc4ccccc4F)CC3)o2)C1. The van der Waals surface area contributed by atoms with Crippen LogP contribution < -0.4 is 5.32 Å². The maximum Gasteiger partial charge on any atom is 0.223 e. The van der Waals surface area contributed by atoms with Crippen molar-refractivity contribution in [3.05, 3.63) is 47.4 Å². The maximum atomic E-state index is 14.0. The molecular weight excluding hydrogens is 333 g/mol. The van der Waals surface area contributed by atoms with Crippen LogP contribution in [0.1, 0.15) is 56.4 Å². The zero-order valence-electron chi connectivity index (χ0n) is 15.0. The van der Waals surface area contributed by atoms with Crippen LogP contribution in [-0.4, -0.2) is 22.1 Å². The predicted octanol–water partition coefficient (Wildman–Crippen LogP) is 3.33. The fourth-order valence-electron chi connectivity index (χ4n) is 4.10. The summed E-state index contributed by atoms with van der Waals surface area (Å²) in [5, 5.41) is 11.5. The molecule has 2 atom stereocenters. The number of hydrogen-bond donors (Lipinski definition) is 1. The first-order valence-corrected chi connectivity index (χ1v) is 9.37. The summed E-state index contributed by atoms with van der Waals surface area (Å²) in [5.74, 6) is 1.62. The van der Waals surface area contributed by atoms with Crippen LogP contribution >= 0.6 is 0 Å². The predicted molar refractivity (Wildman–Crippen MR) is 94.0 cm³/mol. The van der Waals surface area contributed by atoms with Gasteiger partial charge in [-0.3, -0.25) is 4.79 Å². The summed E-state index contributed by atoms with van der Waals surface area (Å²) in [4.78, 5) is 11.2. The van der Waals surface area contributed by atoms with Gasteiger partial charge in [0.05, 0.1) is 5.41 Å². The fraction of sp³-hybridized carbons (Fsp3) is 0.550. The Balaban J connectivity index is 1.39. The van der Waals surface area contributed by atoms with Crippen LogP contribution in [0.4, 0.5) is 4.39 Å². The number of nitrogens with one attached hydrogen (secondary N) is 1. The van der Waals surface area contributed by atoms with Gasteiger partial charge in [0, 0.05) is 19.4 Å². The van der Waals surface area contributed by atoms with E-state index in [9.17, 15) is 9.18 Å². The van der Waals surface area contributed by atoms with Gasteiger partial charge in [0.1, 0.15) is 5.82 Å². The lowest BCUT2D eigenvalue weighted by Gasteiger charge is -2.11. The van der Waals surface area contributed by atoms with E-state index in [2.05, 4.69) is 15.5 Å². The van der Waals surface area contributed by atoms with Crippen molar-refractivity contribution >= 4 is 5.91 Å². The molecule has 1 aromatic heterocycles. The minimum atomic E-state index is -0.193. The van der Waals surface area contributed by atoms with Gasteiger partial charge in [-0.05, 0) is 56.1 Å². The highest BCUT2D eigenvalue weighted by Gasteiger charge is 2.49. The van der Waals surface area contributed by atoms with Crippen LogP contribution in [0.2, 0.25) is 0 Å². The molecule has 0 radical (unpaired) electrons. The zero-order chi connectivity index (χ0) is 18.1. The highest BCUT2D eigenvalue weighted by atomic mass is 19.1. The number of carbonyl (C=O) groups is 1. The zero-order valence-corrected chi connectivity index (χ0v) is 15.0. The number of hydrogen-bond acceptors (Lipinski definition) is 4. The van der Waals surface area contributed by atoms with Crippen molar-refractivity contribution in [1.82, 2.24) is 15.5 Å². The fourth-order valence-corrected chi connectivity index (χ4v) is 4.10. The number of rotatable bonds is 6. The Kier molecular flexibility index (Phi) is 4.51. The van der Waals surface area contributed by atoms with Gasteiger partial charge in [-0.15, -0.1) is 10.2 Å². The van der Waals surface area contributed by atoms with E-state index in [4.69, 9.17) is 4.42 Å². The summed E-state index contributed by atoms with van der Waals surface area (Å²) in [5.41, 5.74) is 0.515. The smallest absolute Gasteiger partial charge is 0.223 e. The van der Waals surface area contributed by atoms with Gasteiger partial charge < -0.3 is 9.73 Å². The molecule has 1 amide bonds. The second-order valence-corrected chi connectivity index (χ2v) is 7.83. The number of carbonyl (C=O) groups excluding carboxylic acids is 1. The summed E-state index contributed by atoms with van der Waals surface area (Å²) in [6.45, 7) is 1.56. The molecule has 0 saturated heterocycles. The Morgan fingerprint density at radius 2 is 2.12 bits per heavy atom. The second kappa shape index (κ2) is 6.82. The number of benzene rings is 1. The van der Waals surface area contributed by atoms with Gasteiger partial charge in [0.2, 0.25) is 17.7 Å². The van der Waals surface area contributed by atoms with E-state index >= 15 is 0 Å². The molecule has 2 aliphatic carbocycles. The highest BCUT2D eigenvalue weighted by molar-refractivity contribution is 5.73. The molecule has 0 unspecified atom stereocenters. The third-order valence-electron chi connectivity index (χ3n) is 5.67. The Morgan fingerprint density at radius 1 is 1.31 bits per heavy atom. The molecule has 0 aliphatic heterocycles. The van der Waals surface area contributed by atoms with E-state index in [1.54, 1.807) is 13.0 Å². The van der Waals surface area contributed by atoms with E-state index in [0.717, 1.165) is 38.5 Å². The summed E-state index contributed by atoms with van der Waals surface area (Å²) >= 11 is 0. The summed E-state index contributed by atoms with van der Waals surface area (Å²) in [6.07, 6.45) is 6.28. The molecular formula is C20H24FN3O2. The topological polar surface area (TPSA) is 68.0 Å². The van der Waals surface area contributed by atoms with E-state index in [1.165, 1.54) is 6.07 Å². The van der Waals surface area contributed by atoms with E-state index in [1.807, 2.05) is 12.1 Å². The Hall–Kier alpha value is -2.24. The van der Waals surface area contributed by atoms with Crippen molar-refractivity contribution < 1.29 is 13.6 Å². The number of amides is 1. The first-order valence-electron chi connectivity index (χ1n) is 9.37. The van der Waals surface area contributed by atoms with Gasteiger partial charge >= 0.3 is 0 Å². The molecule has 0 bridgehead atoms. The summed E-state index contributed by atoms with van der Waals surface area (Å²) < 4.78 is 19.9. The molecule has 0 spiro atoms. The van der Waals surface area contributed by atoms with Crippen molar-refractivity contribution in [2.45, 2.75) is 63.3 Å². The first-order chi connectivity index (χ1) is 12.5. The molecule has 5 nitrogen and oxygen atoms in total. The molecule has 1 heterocycles. The molecule has 1 aromatic carbocycles. The van der Waals surface area contributed by atoms with Crippen molar-refractivity contribution in [3.63, 3.8) is 0 Å². The van der Waals surface area contributed by atoms with E-state index < -0.39 is 0 Å². The normalized spacial score (nSPS) is 23.8. The van der Waals surface area contributed by atoms with Gasteiger partial charge in [-0.2, -0.15) is 0 Å². The van der Waals surface area contributed by atoms with Crippen LogP contribution in [0.15, 0.2) is 28.7 Å². The van der Waals surface area contributed by atoms with Gasteiger partial charge in [-0.25, -0.2) is 4.39 Å². The van der Waals surface area contributed by atoms with E-state index in [-0.39, 0.29) is 23.2 Å². The van der Waals surface area contributed by atoms with Gasteiger partial charge in [0.15, 0.2) is 0 Å². The molecule has 1 N–H and O–H groups in total. The molecule has 2 aromatic rings.